The summed E-state index contributed by atoms with van der Waals surface area (Å²) in [7, 11) is 0. The largest absolute Gasteiger partial charge is 0.489 e. The monoisotopic (exact) mass is 479 g/mol. The third-order valence-corrected chi connectivity index (χ3v) is 4.93. The fraction of sp³-hybridized carbons (Fsp3) is 0.125. The maximum Gasteiger partial charge on any atom is 0.249 e. The molecule has 7 heteroatoms. The number of aryl methyl sites for hydroxylation is 1. The minimum absolute atomic E-state index is 0.329. The Morgan fingerprint density at radius 1 is 1.00 bits per heavy atom. The number of halogens is 1. The third kappa shape index (κ3) is 7.38. The van der Waals surface area contributed by atoms with Crippen LogP contribution in [0, 0.1) is 6.92 Å². The number of hydrazone groups is 1. The second-order valence-electron chi connectivity index (χ2n) is 6.84. The van der Waals surface area contributed by atoms with Gasteiger partial charge in [-0.05, 0) is 70.4 Å². The minimum atomic E-state index is -0.501. The SMILES string of the molecule is Cc1cccc(COc2ccc(C=NNC(=O)CC(=O)Nc3ccccc3Br)cc2)c1. The Kier molecular flexibility index (Phi) is 7.95. The van der Waals surface area contributed by atoms with Gasteiger partial charge in [-0.3, -0.25) is 9.59 Å². The molecule has 0 aromatic heterocycles. The zero-order valence-corrected chi connectivity index (χ0v) is 18.6. The van der Waals surface area contributed by atoms with E-state index in [0.29, 0.717) is 12.3 Å². The number of para-hydroxylation sites is 1. The van der Waals surface area contributed by atoms with Crippen LogP contribution in [0.5, 0.6) is 5.75 Å². The van der Waals surface area contributed by atoms with Crippen LogP contribution < -0.4 is 15.5 Å². The van der Waals surface area contributed by atoms with Crippen molar-refractivity contribution in [3.05, 3.63) is 94.0 Å². The van der Waals surface area contributed by atoms with Crippen molar-refractivity contribution in [2.45, 2.75) is 20.0 Å². The topological polar surface area (TPSA) is 79.8 Å². The lowest BCUT2D eigenvalue weighted by Gasteiger charge is -2.07. The Labute approximate surface area is 189 Å². The number of anilines is 1. The van der Waals surface area contributed by atoms with Crippen molar-refractivity contribution in [2.24, 2.45) is 5.10 Å². The van der Waals surface area contributed by atoms with E-state index in [4.69, 9.17) is 4.74 Å². The van der Waals surface area contributed by atoms with Crippen LogP contribution in [0.3, 0.4) is 0 Å². The number of carbonyl (C=O) groups is 2. The van der Waals surface area contributed by atoms with Crippen LogP contribution in [-0.2, 0) is 16.2 Å². The number of ether oxygens (including phenoxy) is 1. The van der Waals surface area contributed by atoms with Gasteiger partial charge in [-0.1, -0.05) is 42.0 Å². The zero-order valence-electron chi connectivity index (χ0n) is 17.0. The molecule has 0 aliphatic heterocycles. The van der Waals surface area contributed by atoms with Crippen molar-refractivity contribution >= 4 is 39.6 Å². The molecular weight excluding hydrogens is 458 g/mol. The molecule has 0 aliphatic carbocycles. The lowest BCUT2D eigenvalue weighted by Crippen LogP contribution is -2.24. The summed E-state index contributed by atoms with van der Waals surface area (Å²) >= 11 is 3.34. The Morgan fingerprint density at radius 2 is 1.77 bits per heavy atom. The van der Waals surface area contributed by atoms with E-state index in [1.165, 1.54) is 11.8 Å². The lowest BCUT2D eigenvalue weighted by atomic mass is 10.1. The smallest absolute Gasteiger partial charge is 0.249 e. The van der Waals surface area contributed by atoms with Crippen LogP contribution in [0.15, 0.2) is 82.4 Å². The normalized spacial score (nSPS) is 10.6. The van der Waals surface area contributed by atoms with Crippen LogP contribution in [0.1, 0.15) is 23.1 Å². The van der Waals surface area contributed by atoms with E-state index < -0.39 is 11.8 Å². The van der Waals surface area contributed by atoms with Crippen molar-refractivity contribution in [3.8, 4) is 5.75 Å². The predicted molar refractivity (Wildman–Crippen MR) is 125 cm³/mol. The molecule has 31 heavy (non-hydrogen) atoms. The quantitative estimate of drug-likeness (QED) is 0.276. The molecule has 3 aromatic carbocycles. The van der Waals surface area contributed by atoms with Gasteiger partial charge in [0.2, 0.25) is 11.8 Å². The molecule has 3 aromatic rings. The van der Waals surface area contributed by atoms with Crippen molar-refractivity contribution < 1.29 is 14.3 Å². The summed E-state index contributed by atoms with van der Waals surface area (Å²) in [6.45, 7) is 2.54. The van der Waals surface area contributed by atoms with Crippen molar-refractivity contribution in [1.29, 1.82) is 0 Å². The maximum atomic E-state index is 12.0. The van der Waals surface area contributed by atoms with Gasteiger partial charge < -0.3 is 10.1 Å². The van der Waals surface area contributed by atoms with Gasteiger partial charge in [0.1, 0.15) is 18.8 Å². The standard InChI is InChI=1S/C24H22BrN3O3/c1-17-5-4-6-19(13-17)16-31-20-11-9-18(10-12-20)15-26-28-24(30)14-23(29)27-22-8-3-2-7-21(22)25/h2-13,15H,14,16H2,1H3,(H,27,29)(H,28,30). The highest BCUT2D eigenvalue weighted by Gasteiger charge is 2.10. The molecule has 0 heterocycles. The van der Waals surface area contributed by atoms with E-state index in [9.17, 15) is 9.59 Å². The van der Waals surface area contributed by atoms with E-state index in [2.05, 4.69) is 37.8 Å². The molecule has 0 bridgehead atoms. The first-order valence-corrected chi connectivity index (χ1v) is 10.4. The summed E-state index contributed by atoms with van der Waals surface area (Å²) in [5, 5.41) is 6.57. The highest BCUT2D eigenvalue weighted by Crippen LogP contribution is 2.21. The number of amides is 2. The molecule has 2 N–H and O–H groups in total. The van der Waals surface area contributed by atoms with Crippen LogP contribution in [0.4, 0.5) is 5.69 Å². The molecule has 0 saturated carbocycles. The Hall–Kier alpha value is -3.45. The van der Waals surface area contributed by atoms with Gasteiger partial charge in [-0.2, -0.15) is 5.10 Å². The first kappa shape index (κ1) is 22.2. The summed E-state index contributed by atoms with van der Waals surface area (Å²) in [6, 6.07) is 22.7. The fourth-order valence-corrected chi connectivity index (χ4v) is 3.12. The van der Waals surface area contributed by atoms with Gasteiger partial charge in [-0.25, -0.2) is 5.43 Å². The molecule has 2 amide bonds. The molecule has 0 unspecified atom stereocenters. The Bertz CT molecular complexity index is 1080. The van der Waals surface area contributed by atoms with Gasteiger partial charge in [0.15, 0.2) is 0 Å². The molecule has 0 radical (unpaired) electrons. The van der Waals surface area contributed by atoms with Crippen LogP contribution >= 0.6 is 15.9 Å². The van der Waals surface area contributed by atoms with E-state index in [1.807, 2.05) is 55.5 Å². The average molecular weight is 480 g/mol. The molecule has 0 atom stereocenters. The Balaban J connectivity index is 1.43. The average Bonchev–Trinajstić information content (AvgIpc) is 2.75. The van der Waals surface area contributed by atoms with Crippen LogP contribution in [0.25, 0.3) is 0 Å². The first-order valence-electron chi connectivity index (χ1n) is 9.64. The highest BCUT2D eigenvalue weighted by molar-refractivity contribution is 9.10. The molecule has 0 fully saturated rings. The number of nitrogens with zero attached hydrogens (tertiary/aromatic N) is 1. The molecule has 3 rings (SSSR count). The zero-order chi connectivity index (χ0) is 22.1. The van der Waals surface area contributed by atoms with E-state index in [1.54, 1.807) is 18.2 Å². The summed E-state index contributed by atoms with van der Waals surface area (Å²) in [6.07, 6.45) is 1.18. The van der Waals surface area contributed by atoms with Crippen LogP contribution in [-0.4, -0.2) is 18.0 Å². The number of nitrogens with one attached hydrogen (secondary N) is 2. The second-order valence-corrected chi connectivity index (χ2v) is 7.70. The molecule has 0 aliphatic rings. The lowest BCUT2D eigenvalue weighted by molar-refractivity contribution is -0.126. The highest BCUT2D eigenvalue weighted by atomic mass is 79.9. The van der Waals surface area contributed by atoms with E-state index in [0.717, 1.165) is 21.3 Å². The summed E-state index contributed by atoms with van der Waals surface area (Å²) in [5.74, 6) is -0.181. The predicted octanol–water partition coefficient (Wildman–Crippen LogP) is 4.82. The maximum absolute atomic E-state index is 12.0. The molecular formula is C24H22BrN3O3. The Morgan fingerprint density at radius 3 is 2.52 bits per heavy atom. The van der Waals surface area contributed by atoms with Gasteiger partial charge >= 0.3 is 0 Å². The number of rotatable bonds is 8. The molecule has 0 spiro atoms. The summed E-state index contributed by atoms with van der Waals surface area (Å²) in [4.78, 5) is 23.9. The first-order chi connectivity index (χ1) is 15.0. The van der Waals surface area contributed by atoms with Gasteiger partial charge in [-0.15, -0.1) is 0 Å². The van der Waals surface area contributed by atoms with Crippen LogP contribution in [0.2, 0.25) is 0 Å². The number of hydrogen-bond donors (Lipinski definition) is 2. The van der Waals surface area contributed by atoms with E-state index in [-0.39, 0.29) is 6.42 Å². The van der Waals surface area contributed by atoms with Crippen molar-refractivity contribution in [1.82, 2.24) is 5.43 Å². The third-order valence-electron chi connectivity index (χ3n) is 4.24. The molecule has 0 saturated heterocycles. The fourth-order valence-electron chi connectivity index (χ4n) is 2.74. The second kappa shape index (κ2) is 11.1. The number of carbonyl (C=O) groups excluding carboxylic acids is 2. The van der Waals surface area contributed by atoms with E-state index >= 15 is 0 Å². The number of hydrogen-bond acceptors (Lipinski definition) is 4. The van der Waals surface area contributed by atoms with Gasteiger partial charge in [0.05, 0.1) is 11.9 Å². The van der Waals surface area contributed by atoms with Crippen molar-refractivity contribution in [2.75, 3.05) is 5.32 Å². The van der Waals surface area contributed by atoms with Gasteiger partial charge in [0, 0.05) is 4.47 Å². The molecule has 6 nitrogen and oxygen atoms in total. The van der Waals surface area contributed by atoms with Crippen molar-refractivity contribution in [3.63, 3.8) is 0 Å². The molecule has 158 valence electrons. The summed E-state index contributed by atoms with van der Waals surface area (Å²) < 4.78 is 6.53. The summed E-state index contributed by atoms with van der Waals surface area (Å²) in [5.41, 5.74) is 6.06. The number of benzene rings is 3. The van der Waals surface area contributed by atoms with Gasteiger partial charge in [0.25, 0.3) is 0 Å². The minimum Gasteiger partial charge on any atom is -0.489 e.